The molecular weight excluding hydrogens is 328 g/mol. The van der Waals surface area contributed by atoms with Crippen molar-refractivity contribution in [2.24, 2.45) is 7.05 Å². The average molecular weight is 343 g/mol. The van der Waals surface area contributed by atoms with E-state index >= 15 is 0 Å². The van der Waals surface area contributed by atoms with Crippen molar-refractivity contribution in [2.45, 2.75) is 19.9 Å². The van der Waals surface area contributed by atoms with E-state index in [1.54, 1.807) is 24.6 Å². The minimum absolute atomic E-state index is 0.136. The molecule has 0 fully saturated rings. The first-order valence-corrected chi connectivity index (χ1v) is 7.50. The molecule has 2 aromatic rings. The van der Waals surface area contributed by atoms with Crippen molar-refractivity contribution in [3.8, 4) is 0 Å². The van der Waals surface area contributed by atoms with Gasteiger partial charge in [0.15, 0.2) is 0 Å². The summed E-state index contributed by atoms with van der Waals surface area (Å²) in [6, 6.07) is 0. The lowest BCUT2D eigenvalue weighted by Crippen LogP contribution is -2.25. The molecule has 0 bridgehead atoms. The molecule has 2 aromatic heterocycles. The van der Waals surface area contributed by atoms with E-state index in [0.29, 0.717) is 11.0 Å². The van der Waals surface area contributed by atoms with E-state index < -0.39 is 0 Å². The maximum absolute atomic E-state index is 11.8. The number of hydrogen-bond acceptors (Lipinski definition) is 5. The second-order valence-corrected chi connectivity index (χ2v) is 6.20. The van der Waals surface area contributed by atoms with Crippen molar-refractivity contribution < 1.29 is 0 Å². The van der Waals surface area contributed by atoms with Crippen LogP contribution in [0, 0.1) is 0 Å². The highest BCUT2D eigenvalue weighted by molar-refractivity contribution is 9.10. The van der Waals surface area contributed by atoms with Crippen LogP contribution in [0.2, 0.25) is 0 Å². The summed E-state index contributed by atoms with van der Waals surface area (Å²) < 4.78 is 1.84. The Kier molecular flexibility index (Phi) is 4.36. The Morgan fingerprint density at radius 1 is 1.47 bits per heavy atom. The van der Waals surface area contributed by atoms with Gasteiger partial charge in [-0.2, -0.15) is 5.10 Å². The molecule has 0 spiro atoms. The molecule has 5 nitrogen and oxygen atoms in total. The predicted octanol–water partition coefficient (Wildman–Crippen LogP) is 2.20. The molecule has 0 aliphatic rings. The van der Waals surface area contributed by atoms with Gasteiger partial charge < -0.3 is 4.90 Å². The Morgan fingerprint density at radius 3 is 2.84 bits per heavy atom. The summed E-state index contributed by atoms with van der Waals surface area (Å²) >= 11 is 5.03. The molecule has 2 heterocycles. The van der Waals surface area contributed by atoms with Gasteiger partial charge in [0.05, 0.1) is 23.4 Å². The van der Waals surface area contributed by atoms with Crippen molar-refractivity contribution >= 4 is 33.0 Å². The van der Waals surface area contributed by atoms with E-state index in [0.717, 1.165) is 17.1 Å². The molecule has 19 heavy (non-hydrogen) atoms. The lowest BCUT2D eigenvalue weighted by Gasteiger charge is -2.19. The molecule has 102 valence electrons. The van der Waals surface area contributed by atoms with Gasteiger partial charge in [-0.05, 0) is 22.4 Å². The Hall–Kier alpha value is -1.21. The summed E-state index contributed by atoms with van der Waals surface area (Å²) in [7, 11) is 3.57. The summed E-state index contributed by atoms with van der Waals surface area (Å²) in [5, 5.41) is 5.17. The molecule has 2 rings (SSSR count). The molecule has 0 unspecified atom stereocenters. The van der Waals surface area contributed by atoms with Crippen LogP contribution >= 0.6 is 27.3 Å². The topological polar surface area (TPSA) is 51.0 Å². The molecule has 0 radical (unpaired) electrons. The van der Waals surface area contributed by atoms with Crippen LogP contribution in [0.1, 0.15) is 16.8 Å². The quantitative estimate of drug-likeness (QED) is 0.854. The smallest absolute Gasteiger partial charge is 0.282 e. The highest BCUT2D eigenvalue weighted by Crippen LogP contribution is 2.23. The van der Waals surface area contributed by atoms with Gasteiger partial charge in [-0.3, -0.25) is 4.79 Å². The van der Waals surface area contributed by atoms with Gasteiger partial charge in [0, 0.05) is 25.2 Å². The van der Waals surface area contributed by atoms with E-state index in [1.807, 2.05) is 18.1 Å². The Labute approximate surface area is 124 Å². The molecule has 7 heteroatoms. The van der Waals surface area contributed by atoms with Crippen LogP contribution in [0.5, 0.6) is 0 Å². The van der Waals surface area contributed by atoms with Crippen LogP contribution in [-0.4, -0.2) is 21.8 Å². The van der Waals surface area contributed by atoms with Gasteiger partial charge in [0.1, 0.15) is 4.47 Å². The van der Waals surface area contributed by atoms with Gasteiger partial charge in [0.25, 0.3) is 5.56 Å². The first kappa shape index (κ1) is 14.2. The second-order valence-electron chi connectivity index (χ2n) is 4.20. The van der Waals surface area contributed by atoms with Crippen LogP contribution < -0.4 is 10.5 Å². The first-order valence-electron chi connectivity index (χ1n) is 5.89. The zero-order chi connectivity index (χ0) is 14.0. The summed E-state index contributed by atoms with van der Waals surface area (Å²) in [4.78, 5) is 19.3. The highest BCUT2D eigenvalue weighted by atomic mass is 79.9. The van der Waals surface area contributed by atoms with Gasteiger partial charge >= 0.3 is 0 Å². The Balaban J connectivity index is 2.22. The zero-order valence-corrected chi connectivity index (χ0v) is 13.5. The maximum Gasteiger partial charge on any atom is 0.282 e. The summed E-state index contributed by atoms with van der Waals surface area (Å²) in [5.41, 5.74) is 0.650. The minimum atomic E-state index is -0.136. The summed E-state index contributed by atoms with van der Waals surface area (Å²) in [5.74, 6) is 0. The third-order valence-electron chi connectivity index (χ3n) is 2.77. The monoisotopic (exact) mass is 342 g/mol. The highest BCUT2D eigenvalue weighted by Gasteiger charge is 2.12. The SMILES string of the molecule is CCc1ncc(CN(C)c2cnn(C)c(=O)c2Br)s1. The number of halogens is 1. The van der Waals surface area contributed by atoms with E-state index in [2.05, 4.69) is 32.9 Å². The molecule has 0 N–H and O–H groups in total. The zero-order valence-electron chi connectivity index (χ0n) is 11.1. The van der Waals surface area contributed by atoms with E-state index in [9.17, 15) is 4.79 Å². The number of aromatic nitrogens is 3. The number of anilines is 1. The number of thiazole rings is 1. The van der Waals surface area contributed by atoms with Gasteiger partial charge in [0.2, 0.25) is 0 Å². The van der Waals surface area contributed by atoms with Crippen LogP contribution in [0.3, 0.4) is 0 Å². The van der Waals surface area contributed by atoms with E-state index in [4.69, 9.17) is 0 Å². The summed E-state index contributed by atoms with van der Waals surface area (Å²) in [6.07, 6.45) is 4.53. The lowest BCUT2D eigenvalue weighted by molar-refractivity contribution is 0.698. The molecule has 0 aliphatic heterocycles. The molecular formula is C12H15BrN4OS. The van der Waals surface area contributed by atoms with Gasteiger partial charge in [-0.15, -0.1) is 11.3 Å². The van der Waals surface area contributed by atoms with Crippen LogP contribution in [-0.2, 0) is 20.0 Å². The first-order chi connectivity index (χ1) is 9.02. The van der Waals surface area contributed by atoms with Gasteiger partial charge in [-0.25, -0.2) is 9.67 Å². The third-order valence-corrected chi connectivity index (χ3v) is 4.64. The predicted molar refractivity (Wildman–Crippen MR) is 80.8 cm³/mol. The minimum Gasteiger partial charge on any atom is -0.367 e. The van der Waals surface area contributed by atoms with E-state index in [-0.39, 0.29) is 5.56 Å². The molecule has 0 aromatic carbocycles. The standard InChI is InChI=1S/C12H15BrN4OS/c1-4-10-14-5-8(19-10)7-16(2)9-6-15-17(3)12(18)11(9)13/h5-6H,4,7H2,1-3H3. The van der Waals surface area contributed by atoms with E-state index in [1.165, 1.54) is 9.56 Å². The Morgan fingerprint density at radius 2 is 2.21 bits per heavy atom. The molecule has 0 aliphatic carbocycles. The van der Waals surface area contributed by atoms with Crippen LogP contribution in [0.4, 0.5) is 5.69 Å². The maximum atomic E-state index is 11.8. The molecule has 0 atom stereocenters. The number of nitrogens with zero attached hydrogens (tertiary/aromatic N) is 4. The lowest BCUT2D eigenvalue weighted by atomic mass is 10.4. The van der Waals surface area contributed by atoms with Crippen molar-refractivity contribution in [3.63, 3.8) is 0 Å². The van der Waals surface area contributed by atoms with Crippen molar-refractivity contribution in [2.75, 3.05) is 11.9 Å². The fourth-order valence-corrected chi connectivity index (χ4v) is 3.25. The summed E-state index contributed by atoms with van der Waals surface area (Å²) in [6.45, 7) is 2.80. The van der Waals surface area contributed by atoms with Gasteiger partial charge in [-0.1, -0.05) is 6.92 Å². The number of hydrogen-bond donors (Lipinski definition) is 0. The third kappa shape index (κ3) is 3.03. The van der Waals surface area contributed by atoms with Crippen molar-refractivity contribution in [3.05, 3.63) is 37.1 Å². The van der Waals surface area contributed by atoms with Crippen LogP contribution in [0.25, 0.3) is 0 Å². The van der Waals surface area contributed by atoms with Crippen molar-refractivity contribution in [1.29, 1.82) is 0 Å². The fraction of sp³-hybridized carbons (Fsp3) is 0.417. The molecule has 0 saturated heterocycles. The Bertz CT molecular complexity index is 637. The largest absolute Gasteiger partial charge is 0.367 e. The van der Waals surface area contributed by atoms with Crippen LogP contribution in [0.15, 0.2) is 21.7 Å². The normalized spacial score (nSPS) is 10.7. The second kappa shape index (κ2) is 5.83. The fourth-order valence-electron chi connectivity index (χ4n) is 1.67. The molecule has 0 amide bonds. The molecule has 0 saturated carbocycles. The van der Waals surface area contributed by atoms with Crippen molar-refractivity contribution in [1.82, 2.24) is 14.8 Å². The number of aryl methyl sites for hydroxylation is 2. The average Bonchev–Trinajstić information content (AvgIpc) is 2.83. The number of rotatable bonds is 4.